The van der Waals surface area contributed by atoms with Crippen LogP contribution >= 0.6 is 0 Å². The summed E-state index contributed by atoms with van der Waals surface area (Å²) in [6.45, 7) is 14.5. The number of hydrogen-bond donors (Lipinski definition) is 2. The van der Waals surface area contributed by atoms with Gasteiger partial charge in [-0.2, -0.15) is 0 Å². The minimum Gasteiger partial charge on any atom is -0.392 e. The lowest BCUT2D eigenvalue weighted by atomic mass is 9.87. The van der Waals surface area contributed by atoms with Crippen LogP contribution in [0.4, 0.5) is 0 Å². The Morgan fingerprint density at radius 2 is 1.84 bits per heavy atom. The van der Waals surface area contributed by atoms with Gasteiger partial charge in [-0.05, 0) is 97.9 Å². The molecule has 1 fully saturated rings. The number of aliphatic hydroxyl groups excluding tert-OH is 1. The van der Waals surface area contributed by atoms with Crippen LogP contribution in [0.15, 0.2) is 23.8 Å². The number of hydrogen-bond acceptors (Lipinski definition) is 3. The highest BCUT2D eigenvalue weighted by molar-refractivity contribution is 5.20. The zero-order valence-electron chi connectivity index (χ0n) is 21.3. The Hall–Kier alpha value is -0.640. The predicted octanol–water partition coefficient (Wildman–Crippen LogP) is 6.50. The Morgan fingerprint density at radius 3 is 2.48 bits per heavy atom. The van der Waals surface area contributed by atoms with Crippen molar-refractivity contribution in [3.63, 3.8) is 0 Å². The molecule has 3 heteroatoms. The molecule has 0 radical (unpaired) electrons. The second kappa shape index (κ2) is 12.6. The van der Waals surface area contributed by atoms with E-state index in [0.717, 1.165) is 32.1 Å². The topological polar surface area (TPSA) is 43.7 Å². The summed E-state index contributed by atoms with van der Waals surface area (Å²) in [4.78, 5) is 2.59. The monoisotopic (exact) mass is 433 g/mol. The van der Waals surface area contributed by atoms with E-state index in [1.54, 1.807) is 5.57 Å². The van der Waals surface area contributed by atoms with Crippen molar-refractivity contribution in [2.45, 2.75) is 130 Å². The summed E-state index contributed by atoms with van der Waals surface area (Å²) in [6, 6.07) is 1.26. The summed E-state index contributed by atoms with van der Waals surface area (Å²) in [7, 11) is 0. The molecule has 0 aromatic carbocycles. The molecular formula is C28H51NO2. The normalized spacial score (nSPS) is 28.2. The van der Waals surface area contributed by atoms with Gasteiger partial charge in [0.1, 0.15) is 0 Å². The van der Waals surface area contributed by atoms with E-state index in [1.807, 2.05) is 6.92 Å². The van der Waals surface area contributed by atoms with Crippen molar-refractivity contribution < 1.29 is 10.2 Å². The molecule has 2 aliphatic rings. The molecular weight excluding hydrogens is 382 g/mol. The number of nitrogens with zero attached hydrogens (tertiary/aromatic N) is 1. The molecule has 5 atom stereocenters. The fourth-order valence-electron chi connectivity index (χ4n) is 5.87. The van der Waals surface area contributed by atoms with E-state index in [9.17, 15) is 10.2 Å². The summed E-state index contributed by atoms with van der Waals surface area (Å²) in [5.74, 6) is 1.38. The third kappa shape index (κ3) is 8.33. The Balaban J connectivity index is 1.74. The Bertz CT molecular complexity index is 570. The minimum absolute atomic E-state index is 0.220. The first kappa shape index (κ1) is 26.6. The summed E-state index contributed by atoms with van der Waals surface area (Å²) >= 11 is 0. The van der Waals surface area contributed by atoms with Gasteiger partial charge in [-0.25, -0.2) is 0 Å². The smallest absolute Gasteiger partial charge is 0.0654 e. The first-order valence-electron chi connectivity index (χ1n) is 13.2. The zero-order valence-corrected chi connectivity index (χ0v) is 21.3. The van der Waals surface area contributed by atoms with E-state index >= 15 is 0 Å². The first-order chi connectivity index (χ1) is 14.6. The van der Waals surface area contributed by atoms with E-state index in [4.69, 9.17) is 0 Å². The SMILES string of the molecule is CCCC[C@@](C)(O)C/C=C/[C@@H]1[C@H]2CC(CCCCCN(C(C)C)C(C)C)=C[C@H]2C[C@H]1O. The zero-order chi connectivity index (χ0) is 23.0. The van der Waals surface area contributed by atoms with Crippen molar-refractivity contribution in [2.75, 3.05) is 6.54 Å². The van der Waals surface area contributed by atoms with E-state index in [1.165, 1.54) is 32.2 Å². The fourth-order valence-corrected chi connectivity index (χ4v) is 5.87. The van der Waals surface area contributed by atoms with Gasteiger partial charge in [0.25, 0.3) is 0 Å². The average molecular weight is 434 g/mol. The van der Waals surface area contributed by atoms with Gasteiger partial charge in [0.2, 0.25) is 0 Å². The van der Waals surface area contributed by atoms with Crippen LogP contribution in [-0.2, 0) is 0 Å². The molecule has 0 unspecified atom stereocenters. The molecule has 0 heterocycles. The van der Waals surface area contributed by atoms with Crippen LogP contribution in [0, 0.1) is 17.8 Å². The summed E-state index contributed by atoms with van der Waals surface area (Å²) in [5.41, 5.74) is 1.01. The standard InChI is InChI=1S/C28H51NO2/c1-7-8-15-28(6,31)16-12-14-25-26-19-23(18-24(26)20-27(25)30)13-10-9-11-17-29(21(2)3)22(4)5/h12,14,18,21-22,24-27,30-31H,7-11,13,15-17,19-20H2,1-6H3/b14-12+/t24-,25+,26-,27+,28+/m0/s1. The van der Waals surface area contributed by atoms with Crippen LogP contribution < -0.4 is 0 Å². The van der Waals surface area contributed by atoms with Crippen LogP contribution in [0.25, 0.3) is 0 Å². The lowest BCUT2D eigenvalue weighted by molar-refractivity contribution is 0.0513. The van der Waals surface area contributed by atoms with Crippen molar-refractivity contribution in [1.29, 1.82) is 0 Å². The van der Waals surface area contributed by atoms with Crippen LogP contribution in [0.2, 0.25) is 0 Å². The third-order valence-electron chi connectivity index (χ3n) is 7.68. The van der Waals surface area contributed by atoms with E-state index in [0.29, 0.717) is 30.3 Å². The van der Waals surface area contributed by atoms with Gasteiger partial charge < -0.3 is 10.2 Å². The lowest BCUT2D eigenvalue weighted by Crippen LogP contribution is -2.37. The Kier molecular flexibility index (Phi) is 10.8. The van der Waals surface area contributed by atoms with E-state index in [-0.39, 0.29) is 12.0 Å². The predicted molar refractivity (Wildman–Crippen MR) is 133 cm³/mol. The Morgan fingerprint density at radius 1 is 1.13 bits per heavy atom. The second-order valence-corrected chi connectivity index (χ2v) is 11.2. The van der Waals surface area contributed by atoms with Gasteiger partial charge in [-0.3, -0.25) is 4.90 Å². The number of allylic oxidation sites excluding steroid dienone is 2. The van der Waals surface area contributed by atoms with Gasteiger partial charge in [0.05, 0.1) is 11.7 Å². The molecule has 31 heavy (non-hydrogen) atoms. The quantitative estimate of drug-likeness (QED) is 0.243. The molecule has 0 saturated heterocycles. The fraction of sp³-hybridized carbons (Fsp3) is 0.857. The molecule has 1 saturated carbocycles. The number of aliphatic hydroxyl groups is 2. The van der Waals surface area contributed by atoms with Gasteiger partial charge in [-0.15, -0.1) is 0 Å². The van der Waals surface area contributed by atoms with Crippen LogP contribution in [0.5, 0.6) is 0 Å². The summed E-state index contributed by atoms with van der Waals surface area (Å²) < 4.78 is 0. The van der Waals surface area contributed by atoms with Gasteiger partial charge >= 0.3 is 0 Å². The van der Waals surface area contributed by atoms with Crippen molar-refractivity contribution >= 4 is 0 Å². The van der Waals surface area contributed by atoms with Crippen LogP contribution in [0.3, 0.4) is 0 Å². The maximum absolute atomic E-state index is 10.6. The van der Waals surface area contributed by atoms with E-state index < -0.39 is 5.60 Å². The molecule has 0 aliphatic heterocycles. The second-order valence-electron chi connectivity index (χ2n) is 11.2. The van der Waals surface area contributed by atoms with Gasteiger partial charge in [0, 0.05) is 18.0 Å². The highest BCUT2D eigenvalue weighted by atomic mass is 16.3. The lowest BCUT2D eigenvalue weighted by Gasteiger charge is -2.30. The highest BCUT2D eigenvalue weighted by Crippen LogP contribution is 2.48. The largest absolute Gasteiger partial charge is 0.392 e. The van der Waals surface area contributed by atoms with Crippen LogP contribution in [-0.4, -0.2) is 45.4 Å². The van der Waals surface area contributed by atoms with Crippen molar-refractivity contribution in [3.05, 3.63) is 23.8 Å². The van der Waals surface area contributed by atoms with Crippen molar-refractivity contribution in [2.24, 2.45) is 17.8 Å². The third-order valence-corrected chi connectivity index (χ3v) is 7.68. The van der Waals surface area contributed by atoms with Crippen molar-refractivity contribution in [3.8, 4) is 0 Å². The number of rotatable bonds is 14. The van der Waals surface area contributed by atoms with E-state index in [2.05, 4.69) is 57.7 Å². The molecule has 3 nitrogen and oxygen atoms in total. The molecule has 2 aliphatic carbocycles. The molecule has 0 aromatic heterocycles. The molecule has 0 aromatic rings. The molecule has 0 bridgehead atoms. The first-order valence-corrected chi connectivity index (χ1v) is 13.2. The summed E-state index contributed by atoms with van der Waals surface area (Å²) in [5, 5.41) is 21.1. The highest BCUT2D eigenvalue weighted by Gasteiger charge is 2.43. The number of fused-ring (bicyclic) bond motifs is 1. The van der Waals surface area contributed by atoms with Gasteiger partial charge in [0.15, 0.2) is 0 Å². The molecule has 2 rings (SSSR count). The summed E-state index contributed by atoms with van der Waals surface area (Å²) in [6.07, 6.45) is 17.6. The average Bonchev–Trinajstić information content (AvgIpc) is 3.19. The number of unbranched alkanes of at least 4 members (excludes halogenated alkanes) is 3. The van der Waals surface area contributed by atoms with Crippen molar-refractivity contribution in [1.82, 2.24) is 4.90 Å². The molecule has 2 N–H and O–H groups in total. The molecule has 0 spiro atoms. The minimum atomic E-state index is -0.616. The Labute approximate surface area is 193 Å². The maximum atomic E-state index is 10.6. The molecule has 0 amide bonds. The molecule has 180 valence electrons. The maximum Gasteiger partial charge on any atom is 0.0654 e. The van der Waals surface area contributed by atoms with Gasteiger partial charge in [-0.1, -0.05) is 50.0 Å². The van der Waals surface area contributed by atoms with Crippen LogP contribution in [0.1, 0.15) is 106 Å².